The first kappa shape index (κ1) is 15.9. The van der Waals surface area contributed by atoms with E-state index in [4.69, 9.17) is 0 Å². The lowest BCUT2D eigenvalue weighted by Gasteiger charge is -2.14. The maximum Gasteiger partial charge on any atom is 0.249 e. The van der Waals surface area contributed by atoms with E-state index in [9.17, 15) is 0 Å². The molecule has 0 spiro atoms. The van der Waals surface area contributed by atoms with E-state index in [-0.39, 0.29) is 0 Å². The van der Waals surface area contributed by atoms with Gasteiger partial charge in [0.15, 0.2) is 5.82 Å². The molecule has 0 amide bonds. The summed E-state index contributed by atoms with van der Waals surface area (Å²) in [6, 6.07) is 16.2. The van der Waals surface area contributed by atoms with Crippen molar-refractivity contribution in [1.82, 2.24) is 15.2 Å². The van der Waals surface area contributed by atoms with E-state index in [1.165, 1.54) is 11.1 Å². The van der Waals surface area contributed by atoms with E-state index in [1.807, 2.05) is 30.3 Å². The number of aryl methyl sites for hydroxylation is 2. The quantitative estimate of drug-likeness (QED) is 0.701. The first-order chi connectivity index (χ1) is 11.8. The predicted octanol–water partition coefficient (Wildman–Crippen LogP) is 4.48. The fourth-order valence-electron chi connectivity index (χ4n) is 2.60. The van der Waals surface area contributed by atoms with Gasteiger partial charge in [-0.05, 0) is 36.1 Å². The fourth-order valence-corrected chi connectivity index (χ4v) is 2.60. The molecule has 5 nitrogen and oxygen atoms in total. The molecule has 0 aliphatic rings. The van der Waals surface area contributed by atoms with Gasteiger partial charge in [-0.3, -0.25) is 0 Å². The number of benzene rings is 2. The van der Waals surface area contributed by atoms with Gasteiger partial charge in [-0.1, -0.05) is 50.2 Å². The smallest absolute Gasteiger partial charge is 0.249 e. The molecule has 0 atom stereocenters. The number of para-hydroxylation sites is 2. The number of hydrogen-bond donors (Lipinski definition) is 2. The Hall–Kier alpha value is -2.95. The number of nitrogens with zero attached hydrogens (tertiary/aromatic N) is 3. The van der Waals surface area contributed by atoms with Gasteiger partial charge in [0.05, 0.1) is 6.20 Å². The van der Waals surface area contributed by atoms with Crippen molar-refractivity contribution >= 4 is 23.1 Å². The zero-order valence-electron chi connectivity index (χ0n) is 14.0. The lowest BCUT2D eigenvalue weighted by atomic mass is 10.0. The average molecular weight is 319 g/mol. The van der Waals surface area contributed by atoms with Gasteiger partial charge in [-0.15, -0.1) is 5.10 Å². The molecule has 0 saturated heterocycles. The molecule has 0 fully saturated rings. The van der Waals surface area contributed by atoms with Crippen molar-refractivity contribution in [3.63, 3.8) is 0 Å². The second-order valence-electron chi connectivity index (χ2n) is 5.44. The molecule has 3 rings (SSSR count). The maximum absolute atomic E-state index is 4.52. The lowest BCUT2D eigenvalue weighted by molar-refractivity contribution is 0.976. The van der Waals surface area contributed by atoms with Crippen LogP contribution in [0.1, 0.15) is 25.0 Å². The Kier molecular flexibility index (Phi) is 5.01. The zero-order valence-corrected chi connectivity index (χ0v) is 14.0. The number of aromatic nitrogens is 3. The molecule has 3 aromatic rings. The second-order valence-corrected chi connectivity index (χ2v) is 5.44. The van der Waals surface area contributed by atoms with Gasteiger partial charge < -0.3 is 10.6 Å². The van der Waals surface area contributed by atoms with Crippen molar-refractivity contribution in [1.29, 1.82) is 0 Å². The Labute approximate surface area is 142 Å². The van der Waals surface area contributed by atoms with Crippen molar-refractivity contribution in [3.05, 3.63) is 65.9 Å². The third kappa shape index (κ3) is 3.68. The molecule has 1 aromatic heterocycles. The minimum Gasteiger partial charge on any atom is -0.339 e. The van der Waals surface area contributed by atoms with E-state index in [0.717, 1.165) is 24.2 Å². The molecule has 0 aliphatic carbocycles. The van der Waals surface area contributed by atoms with E-state index >= 15 is 0 Å². The molecular formula is C19H21N5. The molecule has 0 radical (unpaired) electrons. The molecule has 0 aliphatic heterocycles. The normalized spacial score (nSPS) is 10.4. The van der Waals surface area contributed by atoms with Crippen molar-refractivity contribution < 1.29 is 0 Å². The van der Waals surface area contributed by atoms with Crippen molar-refractivity contribution in [2.45, 2.75) is 26.7 Å². The van der Waals surface area contributed by atoms with Crippen LogP contribution in [0.4, 0.5) is 23.1 Å². The topological polar surface area (TPSA) is 62.7 Å². The summed E-state index contributed by atoms with van der Waals surface area (Å²) in [6.45, 7) is 4.29. The minimum atomic E-state index is 0.492. The summed E-state index contributed by atoms with van der Waals surface area (Å²) in [5, 5.41) is 14.7. The Morgan fingerprint density at radius 1 is 0.833 bits per heavy atom. The fraction of sp³-hybridized carbons (Fsp3) is 0.211. The van der Waals surface area contributed by atoms with Crippen molar-refractivity contribution in [2.75, 3.05) is 10.6 Å². The lowest BCUT2D eigenvalue weighted by Crippen LogP contribution is -2.05. The maximum atomic E-state index is 4.52. The van der Waals surface area contributed by atoms with Crippen molar-refractivity contribution in [3.8, 4) is 0 Å². The predicted molar refractivity (Wildman–Crippen MR) is 98.0 cm³/mol. The summed E-state index contributed by atoms with van der Waals surface area (Å²) in [6.07, 6.45) is 3.52. The highest BCUT2D eigenvalue weighted by atomic mass is 15.3. The molecule has 122 valence electrons. The number of anilines is 4. The Morgan fingerprint density at radius 2 is 1.54 bits per heavy atom. The standard InChI is InChI=1S/C19H21N5/c1-3-14-9-8-10-15(4-2)18(14)23-19-22-17(13-20-24-19)21-16-11-6-5-7-12-16/h5-13H,3-4H2,1-2H3,(H2,21,22,23,24). The summed E-state index contributed by atoms with van der Waals surface area (Å²) in [5.41, 5.74) is 4.55. The molecule has 24 heavy (non-hydrogen) atoms. The first-order valence-corrected chi connectivity index (χ1v) is 8.19. The summed E-state index contributed by atoms with van der Waals surface area (Å²) < 4.78 is 0. The van der Waals surface area contributed by atoms with Crippen LogP contribution in [0.3, 0.4) is 0 Å². The first-order valence-electron chi connectivity index (χ1n) is 8.19. The van der Waals surface area contributed by atoms with Crippen LogP contribution in [-0.4, -0.2) is 15.2 Å². The van der Waals surface area contributed by atoms with Crippen LogP contribution in [0.15, 0.2) is 54.7 Å². The SMILES string of the molecule is CCc1cccc(CC)c1Nc1nncc(Nc2ccccc2)n1. The number of nitrogens with one attached hydrogen (secondary N) is 2. The molecule has 1 heterocycles. The van der Waals surface area contributed by atoms with E-state index in [0.29, 0.717) is 11.8 Å². The molecule has 0 saturated carbocycles. The average Bonchev–Trinajstić information content (AvgIpc) is 2.63. The minimum absolute atomic E-state index is 0.492. The van der Waals surface area contributed by atoms with Crippen LogP contribution in [0.5, 0.6) is 0 Å². The van der Waals surface area contributed by atoms with Crippen LogP contribution in [0.2, 0.25) is 0 Å². The highest BCUT2D eigenvalue weighted by molar-refractivity contribution is 5.64. The van der Waals surface area contributed by atoms with E-state index in [2.05, 4.69) is 57.9 Å². The summed E-state index contributed by atoms with van der Waals surface area (Å²) >= 11 is 0. The van der Waals surface area contributed by atoms with Gasteiger partial charge >= 0.3 is 0 Å². The van der Waals surface area contributed by atoms with Gasteiger partial charge in [0.2, 0.25) is 5.95 Å². The zero-order chi connectivity index (χ0) is 16.8. The monoisotopic (exact) mass is 319 g/mol. The summed E-state index contributed by atoms with van der Waals surface area (Å²) in [4.78, 5) is 4.52. The van der Waals surface area contributed by atoms with E-state index < -0.39 is 0 Å². The number of rotatable bonds is 6. The van der Waals surface area contributed by atoms with Gasteiger partial charge in [0.1, 0.15) is 0 Å². The highest BCUT2D eigenvalue weighted by Crippen LogP contribution is 2.25. The third-order valence-electron chi connectivity index (χ3n) is 3.84. The molecule has 5 heteroatoms. The Morgan fingerprint density at radius 3 is 2.21 bits per heavy atom. The number of hydrogen-bond acceptors (Lipinski definition) is 5. The Balaban J connectivity index is 1.85. The summed E-state index contributed by atoms with van der Waals surface area (Å²) in [5.74, 6) is 1.15. The molecule has 0 bridgehead atoms. The third-order valence-corrected chi connectivity index (χ3v) is 3.84. The van der Waals surface area contributed by atoms with Crippen LogP contribution in [0.25, 0.3) is 0 Å². The van der Waals surface area contributed by atoms with E-state index in [1.54, 1.807) is 6.20 Å². The van der Waals surface area contributed by atoms with Gasteiger partial charge in [-0.25, -0.2) is 0 Å². The van der Waals surface area contributed by atoms with Gasteiger partial charge in [-0.2, -0.15) is 10.1 Å². The van der Waals surface area contributed by atoms with Crippen LogP contribution in [-0.2, 0) is 12.8 Å². The highest BCUT2D eigenvalue weighted by Gasteiger charge is 2.09. The molecule has 2 aromatic carbocycles. The Bertz CT molecular complexity index is 780. The largest absolute Gasteiger partial charge is 0.339 e. The summed E-state index contributed by atoms with van der Waals surface area (Å²) in [7, 11) is 0. The van der Waals surface area contributed by atoms with Crippen molar-refractivity contribution in [2.24, 2.45) is 0 Å². The van der Waals surface area contributed by atoms with Gasteiger partial charge in [0.25, 0.3) is 0 Å². The van der Waals surface area contributed by atoms with Crippen LogP contribution in [0, 0.1) is 0 Å². The van der Waals surface area contributed by atoms with Crippen LogP contribution >= 0.6 is 0 Å². The van der Waals surface area contributed by atoms with Crippen LogP contribution < -0.4 is 10.6 Å². The second kappa shape index (κ2) is 7.55. The van der Waals surface area contributed by atoms with Gasteiger partial charge in [0, 0.05) is 11.4 Å². The molecule has 0 unspecified atom stereocenters. The molecular weight excluding hydrogens is 298 g/mol. The molecule has 2 N–H and O–H groups in total.